The van der Waals surface area contributed by atoms with Gasteiger partial charge in [0.25, 0.3) is 11.4 Å². The van der Waals surface area contributed by atoms with Crippen LogP contribution in [-0.2, 0) is 5.79 Å². The Kier molecular flexibility index (Phi) is 5.99. The Morgan fingerprint density at radius 2 is 0.848 bits per heavy atom. The van der Waals surface area contributed by atoms with E-state index in [9.17, 15) is 20.2 Å². The third-order valence-corrected chi connectivity index (χ3v) is 4.93. The highest BCUT2D eigenvalue weighted by molar-refractivity contribution is 5.42. The summed E-state index contributed by atoms with van der Waals surface area (Å²) in [6, 6.07) is 29.8. The molecule has 4 rings (SSSR count). The van der Waals surface area contributed by atoms with Gasteiger partial charge in [-0.3, -0.25) is 20.2 Å². The van der Waals surface area contributed by atoms with Crippen molar-refractivity contribution in [1.82, 2.24) is 0 Å². The summed E-state index contributed by atoms with van der Waals surface area (Å²) in [5, 5.41) is 22.1. The number of nitro groups is 2. The van der Waals surface area contributed by atoms with Crippen LogP contribution < -0.4 is 9.47 Å². The Morgan fingerprint density at radius 3 is 1.15 bits per heavy atom. The minimum absolute atomic E-state index is 0.0661. The first-order valence-electron chi connectivity index (χ1n) is 9.96. The van der Waals surface area contributed by atoms with Gasteiger partial charge < -0.3 is 9.47 Å². The maximum Gasteiger partial charge on any atom is 0.305 e. The fraction of sp³-hybridized carbons (Fsp3) is 0.0400. The lowest BCUT2D eigenvalue weighted by Gasteiger charge is -2.35. The van der Waals surface area contributed by atoms with Crippen molar-refractivity contribution in [3.05, 3.63) is 141 Å². The highest BCUT2D eigenvalue weighted by Crippen LogP contribution is 2.38. The zero-order valence-electron chi connectivity index (χ0n) is 17.2. The van der Waals surface area contributed by atoms with Gasteiger partial charge in [0.05, 0.1) is 9.85 Å². The van der Waals surface area contributed by atoms with Crippen LogP contribution in [0, 0.1) is 20.2 Å². The summed E-state index contributed by atoms with van der Waals surface area (Å²) >= 11 is 0. The third kappa shape index (κ3) is 4.64. The van der Waals surface area contributed by atoms with Crippen LogP contribution in [0.1, 0.15) is 11.1 Å². The molecule has 8 heteroatoms. The normalized spacial score (nSPS) is 10.9. The molecule has 0 bridgehead atoms. The molecule has 0 radical (unpaired) electrons. The van der Waals surface area contributed by atoms with Gasteiger partial charge in [0.15, 0.2) is 0 Å². The van der Waals surface area contributed by atoms with Gasteiger partial charge in [-0.2, -0.15) is 0 Å². The number of ether oxygens (including phenoxy) is 2. The summed E-state index contributed by atoms with van der Waals surface area (Å²) in [4.78, 5) is 21.1. The number of non-ortho nitro benzene ring substituents is 2. The quantitative estimate of drug-likeness (QED) is 0.192. The third-order valence-electron chi connectivity index (χ3n) is 4.93. The zero-order valence-corrected chi connectivity index (χ0v) is 17.2. The molecular formula is C25H18N2O6. The van der Waals surface area contributed by atoms with Crippen molar-refractivity contribution in [2.75, 3.05) is 0 Å². The van der Waals surface area contributed by atoms with E-state index in [1.807, 2.05) is 60.7 Å². The molecule has 0 atom stereocenters. The number of hydrogen-bond donors (Lipinski definition) is 0. The van der Waals surface area contributed by atoms with Gasteiger partial charge in [0.2, 0.25) is 0 Å². The van der Waals surface area contributed by atoms with Gasteiger partial charge in [0, 0.05) is 35.4 Å². The van der Waals surface area contributed by atoms with Gasteiger partial charge in [-0.1, -0.05) is 60.7 Å². The van der Waals surface area contributed by atoms with Crippen LogP contribution >= 0.6 is 0 Å². The van der Waals surface area contributed by atoms with Crippen LogP contribution in [0.4, 0.5) is 11.4 Å². The Hall–Kier alpha value is -4.72. The Labute approximate surface area is 189 Å². The second kappa shape index (κ2) is 9.19. The first kappa shape index (κ1) is 21.5. The summed E-state index contributed by atoms with van der Waals surface area (Å²) in [5.74, 6) is -0.792. The molecule has 0 aliphatic carbocycles. The number of rotatable bonds is 8. The molecule has 4 aromatic rings. The monoisotopic (exact) mass is 442 g/mol. The summed E-state index contributed by atoms with van der Waals surface area (Å²) in [7, 11) is 0. The van der Waals surface area contributed by atoms with Crippen molar-refractivity contribution < 1.29 is 19.3 Å². The molecule has 33 heavy (non-hydrogen) atoms. The summed E-state index contributed by atoms with van der Waals surface area (Å²) in [5.41, 5.74) is 1.19. The minimum Gasteiger partial charge on any atom is -0.444 e. The van der Waals surface area contributed by atoms with Crippen LogP contribution in [0.5, 0.6) is 11.5 Å². The lowest BCUT2D eigenvalue weighted by atomic mass is 9.96. The first-order chi connectivity index (χ1) is 16.0. The molecule has 4 aromatic carbocycles. The smallest absolute Gasteiger partial charge is 0.305 e. The van der Waals surface area contributed by atoms with E-state index in [2.05, 4.69) is 0 Å². The predicted molar refractivity (Wildman–Crippen MR) is 121 cm³/mol. The molecule has 0 saturated carbocycles. The second-order valence-electron chi connectivity index (χ2n) is 7.05. The minimum atomic E-state index is -1.48. The van der Waals surface area contributed by atoms with E-state index >= 15 is 0 Å². The molecule has 0 heterocycles. The van der Waals surface area contributed by atoms with Gasteiger partial charge in [0.1, 0.15) is 11.5 Å². The fourth-order valence-electron chi connectivity index (χ4n) is 3.34. The van der Waals surface area contributed by atoms with E-state index in [-0.39, 0.29) is 11.4 Å². The standard InChI is InChI=1S/C25H18N2O6/c28-26(29)21-11-15-23(16-12-21)32-25(19-7-3-1-4-8-19,20-9-5-2-6-10-20)33-24-17-13-22(14-18-24)27(30)31/h1-18H. The largest absolute Gasteiger partial charge is 0.444 e. The Bertz CT molecular complexity index is 1140. The average molecular weight is 442 g/mol. The lowest BCUT2D eigenvalue weighted by Crippen LogP contribution is -2.40. The fourth-order valence-corrected chi connectivity index (χ4v) is 3.34. The van der Waals surface area contributed by atoms with Crippen LogP contribution in [0.2, 0.25) is 0 Å². The maximum atomic E-state index is 11.0. The molecule has 0 aromatic heterocycles. The van der Waals surface area contributed by atoms with E-state index in [4.69, 9.17) is 9.47 Å². The molecule has 0 unspecified atom stereocenters. The number of nitrogens with zero attached hydrogens (tertiary/aromatic N) is 2. The van der Waals surface area contributed by atoms with Crippen molar-refractivity contribution in [1.29, 1.82) is 0 Å². The molecule has 0 aliphatic rings. The van der Waals surface area contributed by atoms with E-state index in [0.717, 1.165) is 0 Å². The number of benzene rings is 4. The molecule has 164 valence electrons. The van der Waals surface area contributed by atoms with Crippen LogP contribution in [0.15, 0.2) is 109 Å². The SMILES string of the molecule is O=[N+]([O-])c1ccc(OC(Oc2ccc([N+](=O)[O-])cc2)(c2ccccc2)c2ccccc2)cc1. The van der Waals surface area contributed by atoms with Gasteiger partial charge >= 0.3 is 5.79 Å². The van der Waals surface area contributed by atoms with Gasteiger partial charge in [-0.05, 0) is 24.3 Å². The first-order valence-corrected chi connectivity index (χ1v) is 9.96. The molecule has 8 nitrogen and oxygen atoms in total. The van der Waals surface area contributed by atoms with Crippen molar-refractivity contribution in [3.8, 4) is 11.5 Å². The highest BCUT2D eigenvalue weighted by Gasteiger charge is 2.40. The molecule has 0 aliphatic heterocycles. The summed E-state index contributed by atoms with van der Waals surface area (Å²) in [6.07, 6.45) is 0. The van der Waals surface area contributed by atoms with Crippen LogP contribution in [0.3, 0.4) is 0 Å². The Morgan fingerprint density at radius 1 is 0.515 bits per heavy atom. The molecule has 0 fully saturated rings. The van der Waals surface area contributed by atoms with Crippen molar-refractivity contribution in [2.45, 2.75) is 5.79 Å². The zero-order chi connectivity index (χ0) is 23.3. The summed E-state index contributed by atoms with van der Waals surface area (Å²) in [6.45, 7) is 0. The second-order valence-corrected chi connectivity index (χ2v) is 7.05. The Balaban J connectivity index is 1.84. The number of nitro benzene ring substituents is 2. The highest BCUT2D eigenvalue weighted by atomic mass is 16.7. The van der Waals surface area contributed by atoms with Crippen molar-refractivity contribution >= 4 is 11.4 Å². The van der Waals surface area contributed by atoms with E-state index in [0.29, 0.717) is 22.6 Å². The van der Waals surface area contributed by atoms with E-state index in [1.54, 1.807) is 0 Å². The predicted octanol–water partition coefficient (Wildman–Crippen LogP) is 5.86. The van der Waals surface area contributed by atoms with Gasteiger partial charge in [-0.25, -0.2) is 0 Å². The lowest BCUT2D eigenvalue weighted by molar-refractivity contribution is -0.385. The van der Waals surface area contributed by atoms with E-state index < -0.39 is 15.6 Å². The van der Waals surface area contributed by atoms with Crippen LogP contribution in [0.25, 0.3) is 0 Å². The van der Waals surface area contributed by atoms with Crippen molar-refractivity contribution in [2.24, 2.45) is 0 Å². The van der Waals surface area contributed by atoms with Crippen LogP contribution in [-0.4, -0.2) is 9.85 Å². The van der Waals surface area contributed by atoms with Crippen molar-refractivity contribution in [3.63, 3.8) is 0 Å². The van der Waals surface area contributed by atoms with Gasteiger partial charge in [-0.15, -0.1) is 0 Å². The average Bonchev–Trinajstić information content (AvgIpc) is 2.85. The van der Waals surface area contributed by atoms with E-state index in [1.165, 1.54) is 48.5 Å². The molecule has 0 spiro atoms. The maximum absolute atomic E-state index is 11.0. The summed E-state index contributed by atoms with van der Waals surface area (Å²) < 4.78 is 12.8. The molecule has 0 N–H and O–H groups in total. The molecule has 0 saturated heterocycles. The molecular weight excluding hydrogens is 424 g/mol. The topological polar surface area (TPSA) is 105 Å². The molecule has 0 amide bonds. The number of hydrogen-bond acceptors (Lipinski definition) is 6.